The van der Waals surface area contributed by atoms with E-state index in [-0.39, 0.29) is 16.8 Å². The molecule has 0 spiro atoms. The van der Waals surface area contributed by atoms with Crippen molar-refractivity contribution in [3.63, 3.8) is 0 Å². The van der Waals surface area contributed by atoms with Crippen molar-refractivity contribution in [3.05, 3.63) is 62.3 Å². The highest BCUT2D eigenvalue weighted by Gasteiger charge is 2.17. The third kappa shape index (κ3) is 4.52. The van der Waals surface area contributed by atoms with Crippen molar-refractivity contribution >= 4 is 39.9 Å². The predicted molar refractivity (Wildman–Crippen MR) is 112 cm³/mol. The molecule has 0 atom stereocenters. The molecule has 2 aromatic heterocycles. The van der Waals surface area contributed by atoms with Crippen molar-refractivity contribution in [1.82, 2.24) is 9.97 Å². The smallest absolute Gasteiger partial charge is 0.248 e. The minimum absolute atomic E-state index is 0.00515. The summed E-state index contributed by atoms with van der Waals surface area (Å²) >= 11 is 1.57. The molecule has 5 nitrogen and oxygen atoms in total. The number of nitrogens with one attached hydrogen (secondary N) is 2. The summed E-state index contributed by atoms with van der Waals surface area (Å²) in [5.41, 5.74) is 2.20. The molecule has 1 amide bonds. The zero-order chi connectivity index (χ0) is 19.6. The van der Waals surface area contributed by atoms with E-state index in [2.05, 4.69) is 36.1 Å². The van der Waals surface area contributed by atoms with Crippen LogP contribution in [0.25, 0.3) is 17.0 Å². The number of H-pyrrole nitrogens is 1. The first kappa shape index (κ1) is 19.0. The number of carbonyl (C=O) groups is 1. The van der Waals surface area contributed by atoms with E-state index in [9.17, 15) is 9.59 Å². The maximum absolute atomic E-state index is 12.2. The lowest BCUT2D eigenvalue weighted by atomic mass is 9.98. The van der Waals surface area contributed by atoms with E-state index < -0.39 is 0 Å². The molecule has 3 aromatic rings. The molecule has 3 rings (SSSR count). The number of nitrogens with zero attached hydrogens (tertiary/aromatic N) is 1. The maximum Gasteiger partial charge on any atom is 0.248 e. The number of rotatable bonds is 4. The van der Waals surface area contributed by atoms with Crippen LogP contribution >= 0.6 is 11.3 Å². The van der Waals surface area contributed by atoms with Gasteiger partial charge in [0.15, 0.2) is 5.43 Å². The largest absolute Gasteiger partial charge is 0.358 e. The van der Waals surface area contributed by atoms with E-state index in [1.165, 1.54) is 6.08 Å². The van der Waals surface area contributed by atoms with Crippen LogP contribution in [0.1, 0.15) is 43.3 Å². The van der Waals surface area contributed by atoms with Crippen molar-refractivity contribution < 1.29 is 4.79 Å². The lowest BCUT2D eigenvalue weighted by Gasteiger charge is -2.13. The van der Waals surface area contributed by atoms with Crippen LogP contribution in [0.3, 0.4) is 0 Å². The van der Waals surface area contributed by atoms with E-state index in [1.807, 2.05) is 13.0 Å². The normalized spacial score (nSPS) is 12.0. The second-order valence-corrected chi connectivity index (χ2v) is 8.48. The molecule has 6 heteroatoms. The number of hydrogen-bond acceptors (Lipinski definition) is 4. The fraction of sp³-hybridized carbons (Fsp3) is 0.286. The summed E-state index contributed by atoms with van der Waals surface area (Å²) in [6.45, 7) is 8.32. The summed E-state index contributed by atoms with van der Waals surface area (Å²) < 4.78 is 0. The number of benzene rings is 1. The summed E-state index contributed by atoms with van der Waals surface area (Å²) in [6.07, 6.45) is 5.77. The molecule has 0 fully saturated rings. The minimum atomic E-state index is -0.248. The van der Waals surface area contributed by atoms with Crippen LogP contribution < -0.4 is 10.7 Å². The third-order valence-electron chi connectivity index (χ3n) is 4.10. The monoisotopic (exact) mass is 381 g/mol. The highest BCUT2D eigenvalue weighted by molar-refractivity contribution is 7.12. The average molecular weight is 382 g/mol. The van der Waals surface area contributed by atoms with E-state index >= 15 is 0 Å². The van der Waals surface area contributed by atoms with Gasteiger partial charge in [0.2, 0.25) is 5.91 Å². The van der Waals surface area contributed by atoms with Crippen molar-refractivity contribution in [2.75, 3.05) is 5.32 Å². The number of aromatic nitrogens is 2. The van der Waals surface area contributed by atoms with Gasteiger partial charge in [0, 0.05) is 50.9 Å². The lowest BCUT2D eigenvalue weighted by Crippen LogP contribution is -2.09. The van der Waals surface area contributed by atoms with Crippen molar-refractivity contribution in [3.8, 4) is 0 Å². The quantitative estimate of drug-likeness (QED) is 0.654. The standard InChI is InChI=1S/C21H23N3O2S/c1-5-13-11-18(25)16-10-14(6-8-17(16)23-13)24-19(26)9-7-15-12-22-20(27-15)21(2,3)4/h6-12H,5H2,1-4H3,(H,23,25)(H,24,26)/b9-7+. The summed E-state index contributed by atoms with van der Waals surface area (Å²) in [6, 6.07) is 6.90. The summed E-state index contributed by atoms with van der Waals surface area (Å²) in [5.74, 6) is -0.248. The first-order valence-electron chi connectivity index (χ1n) is 8.87. The van der Waals surface area contributed by atoms with Gasteiger partial charge in [-0.15, -0.1) is 11.3 Å². The summed E-state index contributed by atoms with van der Waals surface area (Å²) in [5, 5.41) is 4.39. The van der Waals surface area contributed by atoms with E-state index in [0.717, 1.165) is 27.5 Å². The first-order chi connectivity index (χ1) is 12.8. The van der Waals surface area contributed by atoms with Crippen LogP contribution in [0, 0.1) is 0 Å². The minimum Gasteiger partial charge on any atom is -0.358 e. The molecule has 0 saturated carbocycles. The van der Waals surface area contributed by atoms with Gasteiger partial charge >= 0.3 is 0 Å². The zero-order valence-corrected chi connectivity index (χ0v) is 16.7. The van der Waals surface area contributed by atoms with Gasteiger partial charge in [-0.05, 0) is 30.7 Å². The molecule has 0 aliphatic rings. The molecule has 0 aliphatic carbocycles. The third-order valence-corrected chi connectivity index (χ3v) is 5.49. The van der Waals surface area contributed by atoms with Gasteiger partial charge < -0.3 is 10.3 Å². The second-order valence-electron chi connectivity index (χ2n) is 7.41. The molecule has 0 radical (unpaired) electrons. The van der Waals surface area contributed by atoms with Gasteiger partial charge in [0.05, 0.1) is 5.01 Å². The molecular formula is C21H23N3O2S. The Morgan fingerprint density at radius 3 is 2.74 bits per heavy atom. The Hall–Kier alpha value is -2.73. The Labute approximate surface area is 162 Å². The van der Waals surface area contributed by atoms with Gasteiger partial charge in [-0.25, -0.2) is 4.98 Å². The second kappa shape index (κ2) is 7.48. The Balaban J connectivity index is 1.75. The number of fused-ring (bicyclic) bond motifs is 1. The highest BCUT2D eigenvalue weighted by Crippen LogP contribution is 2.27. The number of pyridine rings is 1. The van der Waals surface area contributed by atoms with E-state index in [0.29, 0.717) is 11.1 Å². The Kier molecular flexibility index (Phi) is 5.28. The van der Waals surface area contributed by atoms with Crippen LogP contribution in [-0.2, 0) is 16.6 Å². The molecule has 2 heterocycles. The molecule has 2 N–H and O–H groups in total. The van der Waals surface area contributed by atoms with Crippen LogP contribution in [0.4, 0.5) is 5.69 Å². The van der Waals surface area contributed by atoms with Gasteiger partial charge in [-0.2, -0.15) is 0 Å². The molecule has 0 unspecified atom stereocenters. The number of thiazole rings is 1. The molecular weight excluding hydrogens is 358 g/mol. The van der Waals surface area contributed by atoms with Crippen molar-refractivity contribution in [2.45, 2.75) is 39.5 Å². The van der Waals surface area contributed by atoms with E-state index in [4.69, 9.17) is 0 Å². The Morgan fingerprint density at radius 2 is 2.07 bits per heavy atom. The first-order valence-corrected chi connectivity index (χ1v) is 9.69. The van der Waals surface area contributed by atoms with E-state index in [1.54, 1.807) is 41.8 Å². The number of carbonyl (C=O) groups excluding carboxylic acids is 1. The number of aromatic amines is 1. The Morgan fingerprint density at radius 1 is 1.30 bits per heavy atom. The predicted octanol–water partition coefficient (Wildman–Crippen LogP) is 4.50. The fourth-order valence-corrected chi connectivity index (χ4v) is 3.50. The van der Waals surface area contributed by atoms with Crippen LogP contribution in [0.5, 0.6) is 0 Å². The van der Waals surface area contributed by atoms with Crippen LogP contribution in [0.2, 0.25) is 0 Å². The number of amides is 1. The molecule has 0 bridgehead atoms. The van der Waals surface area contributed by atoms with Gasteiger partial charge in [0.1, 0.15) is 0 Å². The van der Waals surface area contributed by atoms with Crippen LogP contribution in [0.15, 0.2) is 41.3 Å². The number of hydrogen-bond donors (Lipinski definition) is 2. The summed E-state index contributed by atoms with van der Waals surface area (Å²) in [7, 11) is 0. The molecule has 140 valence electrons. The summed E-state index contributed by atoms with van der Waals surface area (Å²) in [4.78, 5) is 33.0. The number of aryl methyl sites for hydroxylation is 1. The lowest BCUT2D eigenvalue weighted by molar-refractivity contribution is -0.111. The van der Waals surface area contributed by atoms with Gasteiger partial charge in [0.25, 0.3) is 0 Å². The zero-order valence-electron chi connectivity index (χ0n) is 15.9. The maximum atomic E-state index is 12.2. The number of anilines is 1. The fourth-order valence-electron chi connectivity index (χ4n) is 2.62. The van der Waals surface area contributed by atoms with Gasteiger partial charge in [-0.3, -0.25) is 9.59 Å². The van der Waals surface area contributed by atoms with Gasteiger partial charge in [-0.1, -0.05) is 27.7 Å². The average Bonchev–Trinajstić information content (AvgIpc) is 3.10. The molecule has 1 aromatic carbocycles. The van der Waals surface area contributed by atoms with Crippen molar-refractivity contribution in [2.24, 2.45) is 0 Å². The molecule has 27 heavy (non-hydrogen) atoms. The molecule has 0 aliphatic heterocycles. The SMILES string of the molecule is CCc1cc(=O)c2cc(NC(=O)/C=C/c3cnc(C(C)(C)C)s3)ccc2[nH]1. The molecule has 0 saturated heterocycles. The van der Waals surface area contributed by atoms with Crippen LogP contribution in [-0.4, -0.2) is 15.9 Å². The topological polar surface area (TPSA) is 74.8 Å². The van der Waals surface area contributed by atoms with Crippen molar-refractivity contribution in [1.29, 1.82) is 0 Å². The highest BCUT2D eigenvalue weighted by atomic mass is 32.1. The Bertz CT molecular complexity index is 1070.